The molecule has 0 fully saturated rings. The van der Waals surface area contributed by atoms with E-state index in [0.29, 0.717) is 18.1 Å². The maximum atomic E-state index is 12.2. The van der Waals surface area contributed by atoms with Crippen LogP contribution in [-0.4, -0.2) is 28.6 Å². The number of aromatic amines is 1. The van der Waals surface area contributed by atoms with Gasteiger partial charge in [-0.1, -0.05) is 36.4 Å². The van der Waals surface area contributed by atoms with Crippen LogP contribution in [0.3, 0.4) is 0 Å². The zero-order chi connectivity index (χ0) is 23.8. The topological polar surface area (TPSA) is 81.3 Å². The van der Waals surface area contributed by atoms with E-state index in [9.17, 15) is 9.59 Å². The molecule has 170 valence electrons. The highest BCUT2D eigenvalue weighted by Gasteiger charge is 2.07. The minimum atomic E-state index is -0.274. The smallest absolute Gasteiger partial charge is 0.163 e. The zero-order valence-electron chi connectivity index (χ0n) is 18.7. The van der Waals surface area contributed by atoms with E-state index >= 15 is 0 Å². The number of nitrogens with zero attached hydrogens (tertiary/aromatic N) is 1. The Labute approximate surface area is 197 Å². The van der Waals surface area contributed by atoms with Crippen LogP contribution < -0.4 is 9.47 Å². The van der Waals surface area contributed by atoms with Gasteiger partial charge in [0.1, 0.15) is 6.61 Å². The molecule has 0 spiro atoms. The van der Waals surface area contributed by atoms with Crippen LogP contribution in [-0.2, 0) is 16.2 Å². The van der Waals surface area contributed by atoms with Crippen molar-refractivity contribution in [2.24, 2.45) is 0 Å². The molecule has 0 aliphatic carbocycles. The van der Waals surface area contributed by atoms with E-state index in [1.165, 1.54) is 12.2 Å². The number of allylic oxidation sites excluding steroid dienone is 2. The molecular weight excluding hydrogens is 428 g/mol. The van der Waals surface area contributed by atoms with Gasteiger partial charge in [0.2, 0.25) is 0 Å². The lowest BCUT2D eigenvalue weighted by molar-refractivity contribution is -0.121. The second kappa shape index (κ2) is 10.9. The maximum Gasteiger partial charge on any atom is 0.163 e. The molecule has 2 aromatic carbocycles. The molecule has 0 aliphatic rings. The number of hydrogen-bond donors (Lipinski definition) is 1. The number of ketones is 2. The Morgan fingerprint density at radius 1 is 0.912 bits per heavy atom. The molecule has 0 amide bonds. The molecule has 0 bridgehead atoms. The second-order valence-electron chi connectivity index (χ2n) is 7.62. The third-order valence-corrected chi connectivity index (χ3v) is 5.14. The number of benzene rings is 2. The summed E-state index contributed by atoms with van der Waals surface area (Å²) in [6.45, 7) is 0.319. The van der Waals surface area contributed by atoms with Gasteiger partial charge in [0.25, 0.3) is 0 Å². The highest BCUT2D eigenvalue weighted by molar-refractivity contribution is 6.11. The van der Waals surface area contributed by atoms with Crippen LogP contribution in [0, 0.1) is 0 Å². The van der Waals surface area contributed by atoms with Gasteiger partial charge in [-0.05, 0) is 65.1 Å². The summed E-state index contributed by atoms with van der Waals surface area (Å²) in [5.41, 5.74) is 3.46. The van der Waals surface area contributed by atoms with E-state index in [1.807, 2.05) is 54.7 Å². The molecule has 0 atom stereocenters. The van der Waals surface area contributed by atoms with Gasteiger partial charge in [0.15, 0.2) is 23.1 Å². The van der Waals surface area contributed by atoms with E-state index in [2.05, 4.69) is 9.97 Å². The van der Waals surface area contributed by atoms with Crippen LogP contribution in [0.5, 0.6) is 11.5 Å². The number of carbonyl (C=O) groups is 2. The van der Waals surface area contributed by atoms with E-state index in [4.69, 9.17) is 9.47 Å². The second-order valence-corrected chi connectivity index (χ2v) is 7.62. The number of ether oxygens (including phenoxy) is 2. The summed E-state index contributed by atoms with van der Waals surface area (Å²) in [5.74, 6) is 0.596. The molecule has 4 rings (SSSR count). The number of fused-ring (bicyclic) bond motifs is 1. The maximum absolute atomic E-state index is 12.2. The van der Waals surface area contributed by atoms with Gasteiger partial charge in [-0.2, -0.15) is 0 Å². The first-order valence-corrected chi connectivity index (χ1v) is 10.8. The van der Waals surface area contributed by atoms with E-state index in [0.717, 1.165) is 27.7 Å². The summed E-state index contributed by atoms with van der Waals surface area (Å²) in [7, 11) is 1.56. The van der Waals surface area contributed by atoms with Crippen molar-refractivity contribution in [3.63, 3.8) is 0 Å². The monoisotopic (exact) mass is 452 g/mol. The Hall–Kier alpha value is -4.45. The molecule has 0 saturated heterocycles. The molecule has 1 N–H and O–H groups in total. The summed E-state index contributed by atoms with van der Waals surface area (Å²) in [5, 5.41) is 1.10. The standard InChI is InChI=1S/C28H24N2O4/c1-33-28-17-21(8-12-27(28)34-19-23-4-2-3-14-29-23)7-11-25(32)18-24(31)10-6-20-5-9-22-13-15-30-26(22)16-20/h2-17,30H,18-19H2,1H3. The number of aromatic nitrogens is 2. The van der Waals surface area contributed by atoms with Crippen molar-refractivity contribution in [3.05, 3.63) is 102 Å². The number of methoxy groups -OCH3 is 1. The van der Waals surface area contributed by atoms with Crippen molar-refractivity contribution in [2.45, 2.75) is 13.0 Å². The van der Waals surface area contributed by atoms with Crippen LogP contribution >= 0.6 is 0 Å². The number of carbonyl (C=O) groups excluding carboxylic acids is 2. The minimum absolute atomic E-state index is 0.194. The van der Waals surface area contributed by atoms with Crippen molar-refractivity contribution in [2.75, 3.05) is 7.11 Å². The summed E-state index contributed by atoms with van der Waals surface area (Å²) >= 11 is 0. The SMILES string of the molecule is COc1cc(C=CC(=O)CC(=O)C=Cc2ccc3cc[nH]c3c2)ccc1OCc1ccccn1. The fourth-order valence-electron chi connectivity index (χ4n) is 3.38. The molecule has 34 heavy (non-hydrogen) atoms. The summed E-state index contributed by atoms with van der Waals surface area (Å²) < 4.78 is 11.2. The summed E-state index contributed by atoms with van der Waals surface area (Å²) in [6.07, 6.45) is 9.60. The van der Waals surface area contributed by atoms with Crippen LogP contribution in [0.15, 0.2) is 85.2 Å². The van der Waals surface area contributed by atoms with Crippen LogP contribution in [0.2, 0.25) is 0 Å². The normalized spacial score (nSPS) is 11.3. The largest absolute Gasteiger partial charge is 0.493 e. The Morgan fingerprint density at radius 2 is 1.68 bits per heavy atom. The van der Waals surface area contributed by atoms with E-state index in [1.54, 1.807) is 37.6 Å². The molecule has 0 aliphatic heterocycles. The van der Waals surface area contributed by atoms with Crippen molar-refractivity contribution in [3.8, 4) is 11.5 Å². The quantitative estimate of drug-likeness (QED) is 0.257. The highest BCUT2D eigenvalue weighted by Crippen LogP contribution is 2.29. The first-order chi connectivity index (χ1) is 16.6. The Balaban J connectivity index is 1.32. The van der Waals surface area contributed by atoms with Gasteiger partial charge in [-0.15, -0.1) is 0 Å². The van der Waals surface area contributed by atoms with Gasteiger partial charge >= 0.3 is 0 Å². The average molecular weight is 453 g/mol. The van der Waals surface area contributed by atoms with Gasteiger partial charge in [0, 0.05) is 17.9 Å². The lowest BCUT2D eigenvalue weighted by atomic mass is 10.1. The van der Waals surface area contributed by atoms with Crippen molar-refractivity contribution in [1.82, 2.24) is 9.97 Å². The molecule has 0 saturated carbocycles. The zero-order valence-corrected chi connectivity index (χ0v) is 18.7. The predicted octanol–water partition coefficient (Wildman–Crippen LogP) is 5.41. The molecule has 2 heterocycles. The van der Waals surface area contributed by atoms with Crippen LogP contribution in [0.25, 0.3) is 23.1 Å². The molecule has 2 aromatic heterocycles. The van der Waals surface area contributed by atoms with Crippen molar-refractivity contribution in [1.29, 1.82) is 0 Å². The van der Waals surface area contributed by atoms with Gasteiger partial charge in [0.05, 0.1) is 19.2 Å². The molecule has 4 aromatic rings. The summed E-state index contributed by atoms with van der Waals surface area (Å²) in [4.78, 5) is 31.8. The first kappa shape index (κ1) is 22.7. The third kappa shape index (κ3) is 6.07. The lowest BCUT2D eigenvalue weighted by Crippen LogP contribution is -2.02. The molecule has 6 heteroatoms. The van der Waals surface area contributed by atoms with Crippen LogP contribution in [0.1, 0.15) is 23.2 Å². The fourth-order valence-corrected chi connectivity index (χ4v) is 3.38. The number of pyridine rings is 1. The lowest BCUT2D eigenvalue weighted by Gasteiger charge is -2.11. The predicted molar refractivity (Wildman–Crippen MR) is 133 cm³/mol. The Morgan fingerprint density at radius 3 is 2.41 bits per heavy atom. The number of nitrogens with one attached hydrogen (secondary N) is 1. The minimum Gasteiger partial charge on any atom is -0.493 e. The average Bonchev–Trinajstić information content (AvgIpc) is 3.34. The Kier molecular flexibility index (Phi) is 7.30. The first-order valence-electron chi connectivity index (χ1n) is 10.8. The van der Waals surface area contributed by atoms with Gasteiger partial charge in [-0.25, -0.2) is 0 Å². The van der Waals surface area contributed by atoms with Gasteiger partial charge in [-0.3, -0.25) is 14.6 Å². The highest BCUT2D eigenvalue weighted by atomic mass is 16.5. The third-order valence-electron chi connectivity index (χ3n) is 5.14. The van der Waals surface area contributed by atoms with E-state index in [-0.39, 0.29) is 18.0 Å². The number of hydrogen-bond acceptors (Lipinski definition) is 5. The molecular formula is C28H24N2O4. The van der Waals surface area contributed by atoms with Crippen molar-refractivity contribution >= 4 is 34.6 Å². The summed E-state index contributed by atoms with van der Waals surface area (Å²) in [6, 6.07) is 18.8. The van der Waals surface area contributed by atoms with Gasteiger partial charge < -0.3 is 14.5 Å². The Bertz CT molecular complexity index is 1350. The van der Waals surface area contributed by atoms with Crippen molar-refractivity contribution < 1.29 is 19.1 Å². The molecule has 0 radical (unpaired) electrons. The number of rotatable bonds is 10. The number of H-pyrrole nitrogens is 1. The molecule has 0 unspecified atom stereocenters. The van der Waals surface area contributed by atoms with E-state index < -0.39 is 0 Å². The van der Waals surface area contributed by atoms with Crippen LogP contribution in [0.4, 0.5) is 0 Å². The fraction of sp³-hybridized carbons (Fsp3) is 0.107. The molecule has 6 nitrogen and oxygen atoms in total.